The summed E-state index contributed by atoms with van der Waals surface area (Å²) in [6, 6.07) is 0. The predicted octanol–water partition coefficient (Wildman–Crippen LogP) is 0.912. The summed E-state index contributed by atoms with van der Waals surface area (Å²) < 4.78 is 9.42. The molecule has 2 unspecified atom stereocenters. The fourth-order valence-corrected chi connectivity index (χ4v) is 1.64. The number of carbonyl (C=O) groups is 4. The van der Waals surface area contributed by atoms with Gasteiger partial charge in [0.2, 0.25) is 6.10 Å². The molecule has 0 radical (unpaired) electrons. The highest BCUT2D eigenvalue weighted by Gasteiger charge is 2.55. The van der Waals surface area contributed by atoms with Gasteiger partial charge in [0, 0.05) is 18.1 Å². The van der Waals surface area contributed by atoms with Crippen LogP contribution in [0.5, 0.6) is 0 Å². The van der Waals surface area contributed by atoms with Crippen LogP contribution in [0, 0.1) is 0 Å². The molecule has 0 fully saturated rings. The molecule has 8 heteroatoms. The largest absolute Gasteiger partial charge is 0.478 e. The lowest BCUT2D eigenvalue weighted by Gasteiger charge is -2.33. The van der Waals surface area contributed by atoms with Crippen LogP contribution in [0.2, 0.25) is 0 Å². The number of carbonyl (C=O) groups excluding carboxylic acids is 2. The van der Waals surface area contributed by atoms with E-state index in [-0.39, 0.29) is 18.4 Å². The summed E-state index contributed by atoms with van der Waals surface area (Å²) in [6.45, 7) is 9.22. The van der Waals surface area contributed by atoms with Crippen LogP contribution in [0.4, 0.5) is 0 Å². The van der Waals surface area contributed by atoms with E-state index in [0.717, 1.165) is 0 Å². The maximum atomic E-state index is 11.6. The lowest BCUT2D eigenvalue weighted by atomic mass is 9.90. The number of hydrogen-bond donors (Lipinski definition) is 2. The number of ether oxygens (including phenoxy) is 2. The molecule has 0 aromatic carbocycles. The predicted molar refractivity (Wildman–Crippen MR) is 73.9 cm³/mol. The Bertz CT molecular complexity index is 507. The van der Waals surface area contributed by atoms with Crippen molar-refractivity contribution in [1.29, 1.82) is 0 Å². The third kappa shape index (κ3) is 4.44. The van der Waals surface area contributed by atoms with Gasteiger partial charge in [-0.25, -0.2) is 19.2 Å². The van der Waals surface area contributed by atoms with Gasteiger partial charge < -0.3 is 19.7 Å². The van der Waals surface area contributed by atoms with Crippen LogP contribution in [0.1, 0.15) is 26.7 Å². The first-order valence-corrected chi connectivity index (χ1v) is 6.30. The van der Waals surface area contributed by atoms with Crippen molar-refractivity contribution in [3.63, 3.8) is 0 Å². The molecule has 0 heterocycles. The van der Waals surface area contributed by atoms with Crippen molar-refractivity contribution >= 4 is 23.9 Å². The molecular formula is C14H18O8. The summed E-state index contributed by atoms with van der Waals surface area (Å²) in [5, 5.41) is 18.6. The zero-order valence-corrected chi connectivity index (χ0v) is 12.3. The van der Waals surface area contributed by atoms with Gasteiger partial charge in [-0.1, -0.05) is 26.5 Å². The second-order valence-corrected chi connectivity index (χ2v) is 4.47. The van der Waals surface area contributed by atoms with E-state index in [2.05, 4.69) is 17.9 Å². The summed E-state index contributed by atoms with van der Waals surface area (Å²) in [4.78, 5) is 45.9. The summed E-state index contributed by atoms with van der Waals surface area (Å²) in [7, 11) is 0. The Balaban J connectivity index is 5.92. The van der Waals surface area contributed by atoms with E-state index in [1.165, 1.54) is 6.92 Å². The zero-order valence-electron chi connectivity index (χ0n) is 12.3. The highest BCUT2D eigenvalue weighted by atomic mass is 16.6. The molecule has 0 saturated carbocycles. The van der Waals surface area contributed by atoms with Crippen molar-refractivity contribution in [1.82, 2.24) is 0 Å². The minimum atomic E-state index is -2.56. The Morgan fingerprint density at radius 3 is 2.14 bits per heavy atom. The number of carboxylic acid groups (broad SMARTS) is 2. The van der Waals surface area contributed by atoms with E-state index >= 15 is 0 Å². The Hall–Kier alpha value is -2.64. The van der Waals surface area contributed by atoms with Crippen LogP contribution >= 0.6 is 0 Å². The van der Waals surface area contributed by atoms with E-state index in [9.17, 15) is 29.4 Å². The molecule has 0 aliphatic heterocycles. The van der Waals surface area contributed by atoms with Gasteiger partial charge in [-0.05, 0) is 6.92 Å². The maximum Gasteiger partial charge on any atom is 0.352 e. The van der Waals surface area contributed by atoms with Crippen LogP contribution in [0.15, 0.2) is 24.8 Å². The third-order valence-electron chi connectivity index (χ3n) is 2.65. The zero-order chi connectivity index (χ0) is 17.5. The van der Waals surface area contributed by atoms with E-state index in [1.807, 2.05) is 0 Å². The van der Waals surface area contributed by atoms with Crippen LogP contribution < -0.4 is 0 Å². The van der Waals surface area contributed by atoms with Crippen molar-refractivity contribution in [3.8, 4) is 0 Å². The first-order chi connectivity index (χ1) is 10.1. The van der Waals surface area contributed by atoms with Gasteiger partial charge in [-0.15, -0.1) is 0 Å². The normalized spacial score (nSPS) is 14.1. The molecule has 2 N–H and O–H groups in total. The van der Waals surface area contributed by atoms with Crippen molar-refractivity contribution in [2.24, 2.45) is 0 Å². The molecule has 122 valence electrons. The number of esters is 2. The van der Waals surface area contributed by atoms with Gasteiger partial charge in [0.15, 0.2) is 0 Å². The molecule has 0 rings (SSSR count). The molecular weight excluding hydrogens is 296 g/mol. The quantitative estimate of drug-likeness (QED) is 0.475. The van der Waals surface area contributed by atoms with Crippen molar-refractivity contribution in [2.75, 3.05) is 0 Å². The number of rotatable bonds is 9. The monoisotopic (exact) mass is 314 g/mol. The Kier molecular flexibility index (Phi) is 7.01. The summed E-state index contributed by atoms with van der Waals surface area (Å²) in [5.74, 6) is -5.76. The Morgan fingerprint density at radius 2 is 1.82 bits per heavy atom. The fraction of sp³-hybridized carbons (Fsp3) is 0.429. The molecule has 2 atom stereocenters. The van der Waals surface area contributed by atoms with E-state index < -0.39 is 35.6 Å². The Labute approximate surface area is 127 Å². The molecule has 0 aromatic heterocycles. The maximum absolute atomic E-state index is 11.6. The molecule has 0 saturated heterocycles. The van der Waals surface area contributed by atoms with Crippen LogP contribution in [-0.4, -0.2) is 45.8 Å². The van der Waals surface area contributed by atoms with Crippen molar-refractivity contribution < 1.29 is 38.9 Å². The highest BCUT2D eigenvalue weighted by Crippen LogP contribution is 2.27. The molecule has 0 spiro atoms. The average Bonchev–Trinajstić information content (AvgIpc) is 2.42. The van der Waals surface area contributed by atoms with Crippen molar-refractivity contribution in [2.45, 2.75) is 38.4 Å². The lowest BCUT2D eigenvalue weighted by molar-refractivity contribution is -0.204. The molecule has 0 amide bonds. The second kappa shape index (κ2) is 7.96. The van der Waals surface area contributed by atoms with E-state index in [1.54, 1.807) is 6.92 Å². The average molecular weight is 314 g/mol. The number of aliphatic carboxylic acids is 2. The fourth-order valence-electron chi connectivity index (χ4n) is 1.64. The van der Waals surface area contributed by atoms with E-state index in [4.69, 9.17) is 4.74 Å². The van der Waals surface area contributed by atoms with Gasteiger partial charge in [0.1, 0.15) is 0 Å². The first-order valence-electron chi connectivity index (χ1n) is 6.30. The summed E-state index contributed by atoms with van der Waals surface area (Å²) in [6.07, 6.45) is -1.75. The summed E-state index contributed by atoms with van der Waals surface area (Å²) >= 11 is 0. The number of carboxylic acids is 2. The molecule has 8 nitrogen and oxygen atoms in total. The van der Waals surface area contributed by atoms with Gasteiger partial charge in [-0.2, -0.15) is 0 Å². The lowest BCUT2D eigenvalue weighted by Crippen LogP contribution is -2.57. The van der Waals surface area contributed by atoms with Crippen LogP contribution in [0.25, 0.3) is 0 Å². The molecule has 0 aliphatic rings. The highest BCUT2D eigenvalue weighted by molar-refractivity contribution is 5.95. The Morgan fingerprint density at radius 1 is 1.27 bits per heavy atom. The smallest absolute Gasteiger partial charge is 0.352 e. The van der Waals surface area contributed by atoms with Gasteiger partial charge in [0.25, 0.3) is 5.60 Å². The van der Waals surface area contributed by atoms with Crippen molar-refractivity contribution in [3.05, 3.63) is 24.8 Å². The molecule has 0 aromatic rings. The molecule has 0 aliphatic carbocycles. The van der Waals surface area contributed by atoms with Gasteiger partial charge in [-0.3, -0.25) is 0 Å². The summed E-state index contributed by atoms with van der Waals surface area (Å²) in [5.41, 5.74) is -2.69. The van der Waals surface area contributed by atoms with Crippen LogP contribution in [0.3, 0.4) is 0 Å². The SMILES string of the molecule is C=CC(=O)OC(CCC)(C(=O)O)C(OC(=O)C(=C)C)C(=O)O. The number of hydrogen-bond acceptors (Lipinski definition) is 6. The molecule has 22 heavy (non-hydrogen) atoms. The van der Waals surface area contributed by atoms with Gasteiger partial charge >= 0.3 is 23.9 Å². The van der Waals surface area contributed by atoms with E-state index in [0.29, 0.717) is 6.08 Å². The standard InChI is InChI=1S/C14H18O8/c1-5-7-14(13(19)20,22-9(15)6-2)10(11(16)17)21-12(18)8(3)4/h6,10H,2-3,5,7H2,1,4H3,(H,16,17)(H,19,20). The van der Waals surface area contributed by atoms with Gasteiger partial charge in [0.05, 0.1) is 0 Å². The van der Waals surface area contributed by atoms with Crippen LogP contribution in [-0.2, 0) is 28.7 Å². The first kappa shape index (κ1) is 19.4. The second-order valence-electron chi connectivity index (χ2n) is 4.47. The molecule has 0 bridgehead atoms. The third-order valence-corrected chi connectivity index (χ3v) is 2.65. The minimum Gasteiger partial charge on any atom is -0.478 e. The topological polar surface area (TPSA) is 127 Å². The minimum absolute atomic E-state index is 0.128.